The van der Waals surface area contributed by atoms with Gasteiger partial charge in [0, 0.05) is 53.2 Å². The van der Waals surface area contributed by atoms with Gasteiger partial charge in [-0.15, -0.1) is 21.5 Å². The normalized spacial score (nSPS) is 14.6. The lowest BCUT2D eigenvalue weighted by Crippen LogP contribution is -2.29. The molecule has 286 valence electrons. The van der Waals surface area contributed by atoms with Crippen molar-refractivity contribution >= 4 is 46.2 Å². The molecule has 0 saturated carbocycles. The van der Waals surface area contributed by atoms with E-state index < -0.39 is 6.04 Å². The number of hydrogen-bond acceptors (Lipinski definition) is 11. The summed E-state index contributed by atoms with van der Waals surface area (Å²) in [6, 6.07) is 17.3. The van der Waals surface area contributed by atoms with E-state index in [0.29, 0.717) is 76.4 Å². The molecule has 0 saturated heterocycles. The minimum absolute atomic E-state index is 0.114. The Morgan fingerprint density at radius 2 is 1.55 bits per heavy atom. The summed E-state index contributed by atoms with van der Waals surface area (Å²) in [5, 5.41) is 16.8. The van der Waals surface area contributed by atoms with Gasteiger partial charge in [-0.2, -0.15) is 0 Å². The second-order valence-corrected chi connectivity index (χ2v) is 15.2. The zero-order chi connectivity index (χ0) is 38.3. The van der Waals surface area contributed by atoms with Gasteiger partial charge in [0.25, 0.3) is 0 Å². The number of ketones is 1. The fraction of sp³-hybridized carbons (Fsp3) is 0.366. The van der Waals surface area contributed by atoms with Crippen LogP contribution < -0.4 is 10.6 Å². The number of thiophene rings is 1. The molecule has 1 atom stereocenters. The van der Waals surface area contributed by atoms with Crippen molar-refractivity contribution in [2.75, 3.05) is 58.0 Å². The van der Waals surface area contributed by atoms with E-state index in [9.17, 15) is 9.59 Å². The van der Waals surface area contributed by atoms with Crippen LogP contribution in [0.1, 0.15) is 56.8 Å². The molecule has 0 unspecified atom stereocenters. The number of nitrogens with one attached hydrogen (secondary N) is 2. The third-order valence-corrected chi connectivity index (χ3v) is 11.1. The molecule has 1 amide bonds. The Labute approximate surface area is 329 Å². The lowest BCUT2D eigenvalue weighted by Gasteiger charge is -2.13. The third kappa shape index (κ3) is 9.20. The summed E-state index contributed by atoms with van der Waals surface area (Å²) < 4.78 is 19.1. The van der Waals surface area contributed by atoms with Gasteiger partial charge in [-0.25, -0.2) is 4.98 Å². The number of nitrogens with zero attached hydrogens (tertiary/aromatic N) is 5. The van der Waals surface area contributed by atoms with Crippen LogP contribution in [0, 0.1) is 20.8 Å². The molecule has 5 aromatic rings. The van der Waals surface area contributed by atoms with Gasteiger partial charge >= 0.3 is 0 Å². The van der Waals surface area contributed by atoms with Crippen LogP contribution in [0.15, 0.2) is 65.8 Å². The number of rotatable bonds is 17. The number of aliphatic imine (C=N–C) groups is 1. The molecule has 2 aromatic carbocycles. The first-order valence-electron chi connectivity index (χ1n) is 18.4. The Morgan fingerprint density at radius 3 is 2.33 bits per heavy atom. The molecule has 1 aliphatic heterocycles. The van der Waals surface area contributed by atoms with E-state index in [1.54, 1.807) is 17.5 Å². The van der Waals surface area contributed by atoms with Gasteiger partial charge in [-0.1, -0.05) is 41.9 Å². The molecule has 3 aromatic heterocycles. The standard InChI is InChI=1S/C41H44ClN7O5S/c1-25-26(2)55-41-38(25)39(28-6-8-33(42)9-7-28)46-35(40-48-47-27(3)49(40)41)24-37(51)45-13-15-53-17-19-54-18-16-52-14-12-44-36-23-31(10-11-43-36)29-4-5-30-21-34(50)22-32(30)20-29/h4-11,20,23,35H,12-19,21-22,24H2,1-3H3,(H,43,44)(H,45,51)/t35-/m0/s1. The van der Waals surface area contributed by atoms with Crippen molar-refractivity contribution in [3.63, 3.8) is 0 Å². The second-order valence-electron chi connectivity index (χ2n) is 13.5. The van der Waals surface area contributed by atoms with Gasteiger partial charge in [0.05, 0.1) is 51.8 Å². The number of benzene rings is 2. The number of carbonyl (C=O) groups is 2. The van der Waals surface area contributed by atoms with Crippen molar-refractivity contribution in [3.8, 4) is 16.1 Å². The number of aromatic nitrogens is 4. The highest BCUT2D eigenvalue weighted by Gasteiger charge is 2.32. The van der Waals surface area contributed by atoms with Crippen LogP contribution in [-0.4, -0.2) is 89.9 Å². The van der Waals surface area contributed by atoms with Crippen LogP contribution in [0.25, 0.3) is 16.1 Å². The van der Waals surface area contributed by atoms with E-state index >= 15 is 0 Å². The fourth-order valence-electron chi connectivity index (χ4n) is 6.77. The van der Waals surface area contributed by atoms with Crippen LogP contribution in [-0.2, 0) is 36.6 Å². The number of fused-ring (bicyclic) bond motifs is 4. The molecule has 4 heterocycles. The Kier molecular flexibility index (Phi) is 12.4. The van der Waals surface area contributed by atoms with Crippen molar-refractivity contribution in [1.29, 1.82) is 0 Å². The maximum Gasteiger partial charge on any atom is 0.222 e. The second kappa shape index (κ2) is 17.8. The van der Waals surface area contributed by atoms with Gasteiger partial charge in [0.1, 0.15) is 28.5 Å². The van der Waals surface area contributed by atoms with Crippen molar-refractivity contribution in [2.24, 2.45) is 4.99 Å². The Balaban J connectivity index is 0.790. The van der Waals surface area contributed by atoms with Crippen LogP contribution in [0.5, 0.6) is 0 Å². The van der Waals surface area contributed by atoms with Crippen molar-refractivity contribution in [1.82, 2.24) is 25.1 Å². The summed E-state index contributed by atoms with van der Waals surface area (Å²) in [5.74, 6) is 2.28. The minimum Gasteiger partial charge on any atom is -0.377 e. The minimum atomic E-state index is -0.531. The highest BCUT2D eigenvalue weighted by Crippen LogP contribution is 2.39. The Morgan fingerprint density at radius 1 is 0.855 bits per heavy atom. The number of hydrogen-bond donors (Lipinski definition) is 2. The first kappa shape index (κ1) is 38.5. The maximum atomic E-state index is 13.2. The van der Waals surface area contributed by atoms with Gasteiger partial charge in [-0.05, 0) is 72.9 Å². The van der Waals surface area contributed by atoms with Gasteiger partial charge in [0.2, 0.25) is 5.91 Å². The fourth-order valence-corrected chi connectivity index (χ4v) is 8.11. The lowest BCUT2D eigenvalue weighted by atomic mass is 9.99. The molecule has 0 fully saturated rings. The van der Waals surface area contributed by atoms with E-state index in [2.05, 4.69) is 57.9 Å². The third-order valence-electron chi connectivity index (χ3n) is 9.68. The quantitative estimate of drug-likeness (QED) is 0.106. The number of Topliss-reactive ketones (excluding diaryl/α,β-unsaturated/α-hetero) is 1. The molecular formula is C41H44ClN7O5S. The SMILES string of the molecule is Cc1sc2c(c1C)C(c1ccc(Cl)cc1)=N[C@@H](CC(=O)NCCOCCOCCOCCNc1cc(-c3ccc4c(c3)CC(=O)C4)ccn1)c1nnc(C)n1-2. The molecule has 14 heteroatoms. The molecule has 12 nitrogen and oxygen atoms in total. The van der Waals surface area contributed by atoms with Crippen LogP contribution in [0.4, 0.5) is 5.82 Å². The molecular weight excluding hydrogens is 738 g/mol. The lowest BCUT2D eigenvalue weighted by molar-refractivity contribution is -0.121. The number of aryl methyl sites for hydroxylation is 2. The molecule has 2 aliphatic rings. The van der Waals surface area contributed by atoms with E-state index in [-0.39, 0.29) is 18.1 Å². The predicted octanol–water partition coefficient (Wildman–Crippen LogP) is 6.20. The van der Waals surface area contributed by atoms with E-state index in [4.69, 9.17) is 30.8 Å². The van der Waals surface area contributed by atoms with E-state index in [0.717, 1.165) is 61.3 Å². The number of halogens is 1. The number of carbonyl (C=O) groups excluding carboxylic acids is 2. The topological polar surface area (TPSA) is 142 Å². The first-order chi connectivity index (χ1) is 26.7. The average molecular weight is 782 g/mol. The van der Waals surface area contributed by atoms with Crippen molar-refractivity contribution in [3.05, 3.63) is 110 Å². The van der Waals surface area contributed by atoms with Crippen molar-refractivity contribution < 1.29 is 23.8 Å². The molecule has 7 rings (SSSR count). The molecule has 55 heavy (non-hydrogen) atoms. The van der Waals surface area contributed by atoms with Crippen LogP contribution in [0.2, 0.25) is 5.02 Å². The first-order valence-corrected chi connectivity index (χ1v) is 19.6. The predicted molar refractivity (Wildman–Crippen MR) is 214 cm³/mol. The zero-order valence-corrected chi connectivity index (χ0v) is 32.8. The summed E-state index contributed by atoms with van der Waals surface area (Å²) in [6.07, 6.45) is 2.95. The summed E-state index contributed by atoms with van der Waals surface area (Å²) in [6.45, 7) is 9.69. The van der Waals surface area contributed by atoms with E-state index in [1.165, 1.54) is 4.88 Å². The molecule has 2 N–H and O–H groups in total. The van der Waals surface area contributed by atoms with E-state index in [1.807, 2.05) is 47.9 Å². The van der Waals surface area contributed by atoms with Gasteiger partial charge < -0.3 is 24.8 Å². The highest BCUT2D eigenvalue weighted by atomic mass is 35.5. The smallest absolute Gasteiger partial charge is 0.222 e. The zero-order valence-electron chi connectivity index (χ0n) is 31.2. The Hall–Kier alpha value is -4.79. The van der Waals surface area contributed by atoms with Crippen LogP contribution >= 0.6 is 22.9 Å². The molecule has 0 bridgehead atoms. The Bertz CT molecular complexity index is 2200. The molecule has 0 spiro atoms. The summed E-state index contributed by atoms with van der Waals surface area (Å²) in [7, 11) is 0. The number of amides is 1. The maximum absolute atomic E-state index is 13.2. The molecule has 1 aliphatic carbocycles. The van der Waals surface area contributed by atoms with Crippen molar-refractivity contribution in [2.45, 2.75) is 46.1 Å². The van der Waals surface area contributed by atoms with Crippen LogP contribution in [0.3, 0.4) is 0 Å². The summed E-state index contributed by atoms with van der Waals surface area (Å²) in [5.41, 5.74) is 8.29. The largest absolute Gasteiger partial charge is 0.377 e. The number of pyridine rings is 1. The van der Waals surface area contributed by atoms with Gasteiger partial charge in [0.15, 0.2) is 5.82 Å². The highest BCUT2D eigenvalue weighted by molar-refractivity contribution is 7.15. The number of anilines is 1. The average Bonchev–Trinajstić information content (AvgIpc) is 3.81. The van der Waals surface area contributed by atoms with Gasteiger partial charge in [-0.3, -0.25) is 19.1 Å². The monoisotopic (exact) mass is 781 g/mol. The number of ether oxygens (including phenoxy) is 3. The summed E-state index contributed by atoms with van der Waals surface area (Å²) >= 11 is 7.89. The molecule has 0 radical (unpaired) electrons. The summed E-state index contributed by atoms with van der Waals surface area (Å²) in [4.78, 5) is 35.7.